The Morgan fingerprint density at radius 3 is 2.21 bits per heavy atom. The highest BCUT2D eigenvalue weighted by Gasteiger charge is 2.39. The first-order chi connectivity index (χ1) is 8.45. The molecular weight excluding hydrogens is 320 g/mol. The Bertz CT molecular complexity index is 502. The average molecular weight is 343 g/mol. The lowest BCUT2D eigenvalue weighted by molar-refractivity contribution is 0.101. The lowest BCUT2D eigenvalue weighted by atomic mass is 10.1. The average Bonchev–Trinajstić information content (AvgIpc) is 2.19. The number of hydrogen-bond donors (Lipinski definition) is 0. The van der Waals surface area contributed by atoms with E-state index in [0.717, 1.165) is 15.8 Å². The minimum absolute atomic E-state index is 0.0399. The van der Waals surface area contributed by atoms with Crippen LogP contribution in [0.4, 0.5) is 0 Å². The van der Waals surface area contributed by atoms with Crippen molar-refractivity contribution in [3.8, 4) is 5.75 Å². The molecule has 0 aliphatic carbocycles. The molecule has 0 aliphatic heterocycles. The molecule has 0 heterocycles. The normalized spacial score (nSPS) is 12.4. The molecule has 0 amide bonds. The number of carbonyl (C=O) groups is 1. The van der Waals surface area contributed by atoms with Gasteiger partial charge in [-0.1, -0.05) is 36.7 Å². The van der Waals surface area contributed by atoms with E-state index in [0.29, 0.717) is 5.56 Å². The predicted molar refractivity (Wildman–Crippen MR) is 86.7 cm³/mol. The molecule has 0 atom stereocenters. The van der Waals surface area contributed by atoms with Gasteiger partial charge in [0.25, 0.3) is 8.32 Å². The fraction of sp³-hybridized carbons (Fsp3) is 0.533. The second kappa shape index (κ2) is 5.41. The molecule has 0 saturated heterocycles. The zero-order valence-corrected chi connectivity index (χ0v) is 15.4. The van der Waals surface area contributed by atoms with Crippen LogP contribution in [0.2, 0.25) is 18.1 Å². The van der Waals surface area contributed by atoms with E-state index in [1.54, 1.807) is 6.92 Å². The molecule has 0 fully saturated rings. The fourth-order valence-corrected chi connectivity index (χ4v) is 3.19. The van der Waals surface area contributed by atoms with Crippen LogP contribution in [0, 0.1) is 6.92 Å². The van der Waals surface area contributed by atoms with E-state index in [1.165, 1.54) is 0 Å². The third-order valence-electron chi connectivity index (χ3n) is 3.78. The van der Waals surface area contributed by atoms with Crippen molar-refractivity contribution >= 4 is 30.0 Å². The van der Waals surface area contributed by atoms with Gasteiger partial charge in [0.15, 0.2) is 5.78 Å². The molecule has 0 saturated carbocycles. The third-order valence-corrected chi connectivity index (χ3v) is 8.57. The molecule has 0 radical (unpaired) electrons. The van der Waals surface area contributed by atoms with E-state index in [9.17, 15) is 4.79 Å². The highest BCUT2D eigenvalue weighted by molar-refractivity contribution is 9.10. The van der Waals surface area contributed by atoms with E-state index in [-0.39, 0.29) is 10.8 Å². The van der Waals surface area contributed by atoms with E-state index < -0.39 is 8.32 Å². The van der Waals surface area contributed by atoms with Crippen LogP contribution in [0.25, 0.3) is 0 Å². The minimum Gasteiger partial charge on any atom is -0.543 e. The van der Waals surface area contributed by atoms with Crippen LogP contribution in [0.15, 0.2) is 16.6 Å². The molecule has 0 aliphatic rings. The summed E-state index contributed by atoms with van der Waals surface area (Å²) in [6.07, 6.45) is 0. The number of halogens is 1. The van der Waals surface area contributed by atoms with Gasteiger partial charge in [0.05, 0.1) is 5.56 Å². The molecule has 1 aromatic rings. The maximum absolute atomic E-state index is 11.8. The number of hydrogen-bond acceptors (Lipinski definition) is 2. The summed E-state index contributed by atoms with van der Waals surface area (Å²) in [5.74, 6) is 0.792. The Morgan fingerprint density at radius 1 is 1.26 bits per heavy atom. The van der Waals surface area contributed by atoms with Crippen LogP contribution in [-0.4, -0.2) is 14.1 Å². The van der Waals surface area contributed by atoms with Crippen molar-refractivity contribution in [1.82, 2.24) is 0 Å². The number of ketones is 1. The number of carbonyl (C=O) groups excluding carboxylic acids is 1. The van der Waals surface area contributed by atoms with Crippen LogP contribution >= 0.6 is 15.9 Å². The summed E-state index contributed by atoms with van der Waals surface area (Å²) in [6, 6.07) is 3.84. The molecular formula is C15H23BrO2Si. The Morgan fingerprint density at radius 2 is 1.79 bits per heavy atom. The van der Waals surface area contributed by atoms with Crippen molar-refractivity contribution in [3.05, 3.63) is 27.7 Å². The molecule has 106 valence electrons. The van der Waals surface area contributed by atoms with Crippen molar-refractivity contribution in [2.24, 2.45) is 0 Å². The van der Waals surface area contributed by atoms with Gasteiger partial charge in [0.2, 0.25) is 0 Å². The molecule has 0 spiro atoms. The first kappa shape index (κ1) is 16.4. The van der Waals surface area contributed by atoms with Crippen LogP contribution in [0.5, 0.6) is 5.75 Å². The number of Topliss-reactive ketones (excluding diaryl/α,β-unsaturated/α-hetero) is 1. The van der Waals surface area contributed by atoms with Gasteiger partial charge < -0.3 is 4.43 Å². The van der Waals surface area contributed by atoms with Gasteiger partial charge in [-0.25, -0.2) is 0 Å². The quantitative estimate of drug-likeness (QED) is 0.547. The second-order valence-corrected chi connectivity index (χ2v) is 12.2. The van der Waals surface area contributed by atoms with E-state index in [2.05, 4.69) is 49.8 Å². The first-order valence-electron chi connectivity index (χ1n) is 6.46. The van der Waals surface area contributed by atoms with E-state index in [4.69, 9.17) is 4.43 Å². The highest BCUT2D eigenvalue weighted by atomic mass is 79.9. The molecule has 1 aromatic carbocycles. The highest BCUT2D eigenvalue weighted by Crippen LogP contribution is 2.40. The topological polar surface area (TPSA) is 26.3 Å². The molecule has 4 heteroatoms. The Labute approximate surface area is 125 Å². The largest absolute Gasteiger partial charge is 0.543 e. The summed E-state index contributed by atoms with van der Waals surface area (Å²) < 4.78 is 7.26. The van der Waals surface area contributed by atoms with Crippen LogP contribution < -0.4 is 4.43 Å². The Balaban J connectivity index is 3.32. The lowest BCUT2D eigenvalue weighted by Crippen LogP contribution is -2.44. The van der Waals surface area contributed by atoms with Crippen LogP contribution in [-0.2, 0) is 0 Å². The summed E-state index contributed by atoms with van der Waals surface area (Å²) >= 11 is 3.44. The van der Waals surface area contributed by atoms with Crippen molar-refractivity contribution in [3.63, 3.8) is 0 Å². The molecule has 0 N–H and O–H groups in total. The molecule has 19 heavy (non-hydrogen) atoms. The molecule has 0 bridgehead atoms. The zero-order chi connectivity index (χ0) is 15.0. The van der Waals surface area contributed by atoms with Crippen molar-refractivity contribution in [2.75, 3.05) is 0 Å². The second-order valence-electron chi connectivity index (χ2n) is 6.52. The monoisotopic (exact) mass is 342 g/mol. The van der Waals surface area contributed by atoms with E-state index in [1.807, 2.05) is 19.1 Å². The molecule has 1 rings (SSSR count). The Hall–Kier alpha value is -0.613. The van der Waals surface area contributed by atoms with Crippen LogP contribution in [0.3, 0.4) is 0 Å². The van der Waals surface area contributed by atoms with Gasteiger partial charge in [-0.3, -0.25) is 4.79 Å². The zero-order valence-electron chi connectivity index (χ0n) is 12.8. The predicted octanol–water partition coefficient (Wildman–Crippen LogP) is 5.34. The van der Waals surface area contributed by atoms with Gasteiger partial charge in [-0.2, -0.15) is 0 Å². The minimum atomic E-state index is -1.94. The first-order valence-corrected chi connectivity index (χ1v) is 10.2. The Kier molecular flexibility index (Phi) is 4.68. The van der Waals surface area contributed by atoms with E-state index >= 15 is 0 Å². The van der Waals surface area contributed by atoms with Crippen LogP contribution in [0.1, 0.15) is 43.6 Å². The SMILES string of the molecule is CC(=O)c1cc(Br)cc(C)c1O[Si](C)(C)C(C)(C)C. The summed E-state index contributed by atoms with van der Waals surface area (Å²) in [5.41, 5.74) is 1.67. The maximum Gasteiger partial charge on any atom is 0.250 e. The van der Waals surface area contributed by atoms with Crippen molar-refractivity contribution < 1.29 is 9.22 Å². The van der Waals surface area contributed by atoms with Crippen molar-refractivity contribution in [2.45, 2.75) is 52.8 Å². The molecule has 0 unspecified atom stereocenters. The van der Waals surface area contributed by atoms with Gasteiger partial charge >= 0.3 is 0 Å². The van der Waals surface area contributed by atoms with Crippen molar-refractivity contribution in [1.29, 1.82) is 0 Å². The molecule has 0 aromatic heterocycles. The smallest absolute Gasteiger partial charge is 0.250 e. The fourth-order valence-electron chi connectivity index (χ4n) is 1.54. The summed E-state index contributed by atoms with van der Waals surface area (Å²) in [5, 5.41) is 0.112. The lowest BCUT2D eigenvalue weighted by Gasteiger charge is -2.37. The summed E-state index contributed by atoms with van der Waals surface area (Å²) in [4.78, 5) is 11.8. The number of benzene rings is 1. The number of aryl methyl sites for hydroxylation is 1. The summed E-state index contributed by atoms with van der Waals surface area (Å²) in [6.45, 7) is 14.5. The maximum atomic E-state index is 11.8. The standard InChI is InChI=1S/C15H23BrO2Si/c1-10-8-12(16)9-13(11(2)17)14(10)18-19(6,7)15(3,4)5/h8-9H,1-7H3. The van der Waals surface area contributed by atoms with Gasteiger partial charge in [-0.05, 0) is 49.7 Å². The van der Waals surface area contributed by atoms with Gasteiger partial charge in [0, 0.05) is 4.47 Å². The molecule has 2 nitrogen and oxygen atoms in total. The summed E-state index contributed by atoms with van der Waals surface area (Å²) in [7, 11) is -1.94. The third kappa shape index (κ3) is 3.69. The van der Waals surface area contributed by atoms with Gasteiger partial charge in [0.1, 0.15) is 5.75 Å². The number of rotatable bonds is 3. The van der Waals surface area contributed by atoms with Gasteiger partial charge in [-0.15, -0.1) is 0 Å².